The topological polar surface area (TPSA) is 9.23 Å². The number of benzene rings is 1. The van der Waals surface area contributed by atoms with E-state index in [2.05, 4.69) is 55.8 Å². The zero-order valence-electron chi connectivity index (χ0n) is 11.3. The van der Waals surface area contributed by atoms with Crippen LogP contribution in [0.2, 0.25) is 0 Å². The minimum absolute atomic E-state index is 0.611. The number of ether oxygens (including phenoxy) is 1. The molecule has 17 heavy (non-hydrogen) atoms. The lowest BCUT2D eigenvalue weighted by atomic mass is 10.1. The van der Waals surface area contributed by atoms with Crippen LogP contribution in [0.4, 0.5) is 0 Å². The number of halogens is 1. The molecular formula is C15H23BrO. The fourth-order valence-electron chi connectivity index (χ4n) is 1.97. The number of hydrogen-bond acceptors (Lipinski definition) is 1. The van der Waals surface area contributed by atoms with E-state index in [0.29, 0.717) is 5.92 Å². The molecule has 0 aromatic heterocycles. The van der Waals surface area contributed by atoms with Crippen LogP contribution in [0.15, 0.2) is 12.1 Å². The van der Waals surface area contributed by atoms with Crippen molar-refractivity contribution in [3.63, 3.8) is 0 Å². The highest BCUT2D eigenvalue weighted by atomic mass is 79.9. The third-order valence-electron chi connectivity index (χ3n) is 3.15. The number of hydrogen-bond donors (Lipinski definition) is 0. The largest absolute Gasteiger partial charge is 0.493 e. The van der Waals surface area contributed by atoms with Crippen molar-refractivity contribution in [1.82, 2.24) is 0 Å². The minimum Gasteiger partial charge on any atom is -0.493 e. The summed E-state index contributed by atoms with van der Waals surface area (Å²) in [4.78, 5) is 0. The Labute approximate surface area is 114 Å². The molecule has 0 spiro atoms. The minimum atomic E-state index is 0.611. The molecule has 1 atom stereocenters. The summed E-state index contributed by atoms with van der Waals surface area (Å²) in [7, 11) is 0. The van der Waals surface area contributed by atoms with Crippen LogP contribution >= 0.6 is 15.9 Å². The van der Waals surface area contributed by atoms with Crippen LogP contribution in [0.25, 0.3) is 0 Å². The van der Waals surface area contributed by atoms with Crippen LogP contribution < -0.4 is 4.74 Å². The van der Waals surface area contributed by atoms with Crippen molar-refractivity contribution in [1.29, 1.82) is 0 Å². The second-order valence-corrected chi connectivity index (χ2v) is 5.47. The number of rotatable bonds is 6. The van der Waals surface area contributed by atoms with Crippen molar-refractivity contribution in [2.24, 2.45) is 5.92 Å². The summed E-state index contributed by atoms with van der Waals surface area (Å²) >= 11 is 3.56. The van der Waals surface area contributed by atoms with E-state index in [-0.39, 0.29) is 0 Å². The molecule has 0 aliphatic carbocycles. The van der Waals surface area contributed by atoms with Crippen molar-refractivity contribution >= 4 is 15.9 Å². The molecule has 1 aromatic rings. The predicted molar refractivity (Wildman–Crippen MR) is 78.3 cm³/mol. The molecule has 0 N–H and O–H groups in total. The Morgan fingerprint density at radius 2 is 1.94 bits per heavy atom. The van der Waals surface area contributed by atoms with Gasteiger partial charge in [0.15, 0.2) is 0 Å². The summed E-state index contributed by atoms with van der Waals surface area (Å²) in [6, 6.07) is 4.34. The van der Waals surface area contributed by atoms with Gasteiger partial charge in [0.25, 0.3) is 0 Å². The summed E-state index contributed by atoms with van der Waals surface area (Å²) < 4.78 is 5.97. The maximum absolute atomic E-state index is 5.97. The van der Waals surface area contributed by atoms with E-state index < -0.39 is 0 Å². The van der Waals surface area contributed by atoms with Crippen molar-refractivity contribution in [3.05, 3.63) is 28.8 Å². The van der Waals surface area contributed by atoms with Gasteiger partial charge in [0.2, 0.25) is 0 Å². The third kappa shape index (κ3) is 4.34. The molecule has 0 aliphatic heterocycles. The molecule has 0 heterocycles. The van der Waals surface area contributed by atoms with Crippen LogP contribution in [0.1, 0.15) is 36.5 Å². The average Bonchev–Trinajstić information content (AvgIpc) is 2.30. The van der Waals surface area contributed by atoms with Gasteiger partial charge in [-0.25, -0.2) is 0 Å². The fourth-order valence-corrected chi connectivity index (χ4v) is 2.48. The Morgan fingerprint density at radius 3 is 2.53 bits per heavy atom. The Balaban J connectivity index is 2.68. The molecule has 0 amide bonds. The molecule has 0 bridgehead atoms. The number of alkyl halides is 1. The van der Waals surface area contributed by atoms with Crippen LogP contribution in [-0.4, -0.2) is 11.9 Å². The summed E-state index contributed by atoms with van der Waals surface area (Å²) in [5.41, 5.74) is 3.85. The van der Waals surface area contributed by atoms with Gasteiger partial charge in [-0.05, 0) is 49.9 Å². The highest BCUT2D eigenvalue weighted by Crippen LogP contribution is 2.24. The highest BCUT2D eigenvalue weighted by Gasteiger charge is 2.09. The van der Waals surface area contributed by atoms with E-state index in [1.165, 1.54) is 29.5 Å². The third-order valence-corrected chi connectivity index (χ3v) is 4.07. The lowest BCUT2D eigenvalue weighted by Crippen LogP contribution is -2.14. The Kier molecular flexibility index (Phi) is 6.04. The second kappa shape index (κ2) is 7.05. The van der Waals surface area contributed by atoms with Gasteiger partial charge < -0.3 is 4.74 Å². The van der Waals surface area contributed by atoms with Crippen molar-refractivity contribution in [3.8, 4) is 5.75 Å². The summed E-state index contributed by atoms with van der Waals surface area (Å²) in [5.74, 6) is 1.66. The molecule has 2 heteroatoms. The Hall–Kier alpha value is -0.500. The SMILES string of the molecule is CCCC(CBr)COc1cc(C)cc(C)c1C. The molecule has 1 rings (SSSR count). The van der Waals surface area contributed by atoms with Crippen molar-refractivity contribution in [2.75, 3.05) is 11.9 Å². The lowest BCUT2D eigenvalue weighted by Gasteiger charge is -2.17. The molecule has 1 aromatic carbocycles. The van der Waals surface area contributed by atoms with Gasteiger partial charge in [0.05, 0.1) is 6.61 Å². The van der Waals surface area contributed by atoms with Gasteiger partial charge in [-0.15, -0.1) is 0 Å². The van der Waals surface area contributed by atoms with Gasteiger partial charge >= 0.3 is 0 Å². The predicted octanol–water partition coefficient (Wildman–Crippen LogP) is 4.80. The first kappa shape index (κ1) is 14.6. The van der Waals surface area contributed by atoms with Gasteiger partial charge in [0, 0.05) is 11.2 Å². The molecule has 1 unspecified atom stereocenters. The summed E-state index contributed by atoms with van der Waals surface area (Å²) in [5, 5.41) is 1.02. The van der Waals surface area contributed by atoms with E-state index in [4.69, 9.17) is 4.74 Å². The van der Waals surface area contributed by atoms with E-state index in [1.54, 1.807) is 0 Å². The molecule has 0 saturated carbocycles. The van der Waals surface area contributed by atoms with Crippen LogP contribution in [0.3, 0.4) is 0 Å². The van der Waals surface area contributed by atoms with Gasteiger partial charge in [-0.2, -0.15) is 0 Å². The standard InChI is InChI=1S/C15H23BrO/c1-5-6-14(9-16)10-17-15-8-11(2)7-12(3)13(15)4/h7-8,14H,5-6,9-10H2,1-4H3. The second-order valence-electron chi connectivity index (χ2n) is 4.82. The molecule has 1 nitrogen and oxygen atoms in total. The Bertz CT molecular complexity index is 360. The van der Waals surface area contributed by atoms with Crippen LogP contribution in [0, 0.1) is 26.7 Å². The normalized spacial score (nSPS) is 12.5. The van der Waals surface area contributed by atoms with Crippen LogP contribution in [0.5, 0.6) is 5.75 Å². The van der Waals surface area contributed by atoms with Crippen molar-refractivity contribution in [2.45, 2.75) is 40.5 Å². The Morgan fingerprint density at radius 1 is 1.24 bits per heavy atom. The zero-order valence-corrected chi connectivity index (χ0v) is 12.9. The molecule has 0 radical (unpaired) electrons. The average molecular weight is 299 g/mol. The van der Waals surface area contributed by atoms with Crippen LogP contribution in [-0.2, 0) is 0 Å². The molecule has 0 fully saturated rings. The van der Waals surface area contributed by atoms with E-state index in [0.717, 1.165) is 17.7 Å². The first-order valence-corrected chi connectivity index (χ1v) is 7.47. The van der Waals surface area contributed by atoms with E-state index in [9.17, 15) is 0 Å². The molecular weight excluding hydrogens is 276 g/mol. The van der Waals surface area contributed by atoms with Gasteiger partial charge in [-0.3, -0.25) is 0 Å². The van der Waals surface area contributed by atoms with Gasteiger partial charge in [-0.1, -0.05) is 35.3 Å². The highest BCUT2D eigenvalue weighted by molar-refractivity contribution is 9.09. The maximum Gasteiger partial charge on any atom is 0.122 e. The first-order valence-electron chi connectivity index (χ1n) is 6.35. The fraction of sp³-hybridized carbons (Fsp3) is 0.600. The van der Waals surface area contributed by atoms with Gasteiger partial charge in [0.1, 0.15) is 5.75 Å². The molecule has 96 valence electrons. The molecule has 0 saturated heterocycles. The molecule has 0 aliphatic rings. The lowest BCUT2D eigenvalue weighted by molar-refractivity contribution is 0.253. The quantitative estimate of drug-likeness (QED) is 0.685. The first-order chi connectivity index (χ1) is 8.08. The summed E-state index contributed by atoms with van der Waals surface area (Å²) in [6.45, 7) is 9.42. The monoisotopic (exact) mass is 298 g/mol. The summed E-state index contributed by atoms with van der Waals surface area (Å²) in [6.07, 6.45) is 2.43. The zero-order chi connectivity index (χ0) is 12.8. The van der Waals surface area contributed by atoms with Crippen molar-refractivity contribution < 1.29 is 4.74 Å². The number of aryl methyl sites for hydroxylation is 2. The van der Waals surface area contributed by atoms with E-state index >= 15 is 0 Å². The maximum atomic E-state index is 5.97. The van der Waals surface area contributed by atoms with E-state index in [1.807, 2.05) is 0 Å². The smallest absolute Gasteiger partial charge is 0.122 e.